The van der Waals surface area contributed by atoms with Gasteiger partial charge in [0.1, 0.15) is 0 Å². The van der Waals surface area contributed by atoms with Crippen LogP contribution in [0, 0.1) is 0 Å². The third kappa shape index (κ3) is 24.2. The fraction of sp³-hybridized carbons (Fsp3) is 1.00. The molecule has 0 aliphatic carbocycles. The van der Waals surface area contributed by atoms with Crippen molar-refractivity contribution in [3.8, 4) is 0 Å². The summed E-state index contributed by atoms with van der Waals surface area (Å²) in [6.45, 7) is 0. The van der Waals surface area contributed by atoms with Crippen LogP contribution in [0.4, 0.5) is 0 Å². The van der Waals surface area contributed by atoms with Crippen LogP contribution in [0.2, 0.25) is 0 Å². The van der Waals surface area contributed by atoms with Crippen molar-refractivity contribution in [3.05, 3.63) is 0 Å². The van der Waals surface area contributed by atoms with Crippen LogP contribution in [0.15, 0.2) is 0 Å². The fourth-order valence-corrected chi connectivity index (χ4v) is 1.62. The molecule has 0 aliphatic heterocycles. The van der Waals surface area contributed by atoms with Gasteiger partial charge >= 0.3 is 88.7 Å². The predicted molar refractivity (Wildman–Crippen MR) is 58.9 cm³/mol. The first kappa shape index (κ1) is 25.6. The monoisotopic (exact) mass is 276 g/mol. The maximum absolute atomic E-state index is 10.00. The van der Waals surface area contributed by atoms with Crippen molar-refractivity contribution in [1.29, 1.82) is 0 Å². The molecule has 0 spiro atoms. The molecule has 0 aliphatic rings. The molecule has 0 amide bonds. The Morgan fingerprint density at radius 1 is 0.714 bits per heavy atom. The summed E-state index contributed by atoms with van der Waals surface area (Å²) >= 11 is 0. The van der Waals surface area contributed by atoms with Crippen molar-refractivity contribution in [2.45, 2.75) is 6.42 Å². The van der Waals surface area contributed by atoms with E-state index in [-0.39, 0.29) is 95.1 Å². The molecular weight excluding hydrogens is 265 g/mol. The summed E-state index contributed by atoms with van der Waals surface area (Å²) in [5.41, 5.74) is 0. The minimum atomic E-state index is -4.12. The summed E-state index contributed by atoms with van der Waals surface area (Å²) in [6, 6.07) is 0. The molecule has 6 nitrogen and oxygen atoms in total. The van der Waals surface area contributed by atoms with Gasteiger partial charge in [0, 0.05) is 0 Å². The van der Waals surface area contributed by atoms with Crippen molar-refractivity contribution >= 4 is 109 Å². The first-order valence-electron chi connectivity index (χ1n) is 2.61. The van der Waals surface area contributed by atoms with Crippen molar-refractivity contribution in [1.82, 2.24) is 0 Å². The molecule has 14 heavy (non-hydrogen) atoms. The molecule has 0 aromatic heterocycles. The molecule has 0 bridgehead atoms. The summed E-state index contributed by atoms with van der Waals surface area (Å²) in [5.74, 6) is -1.32. The normalized spacial score (nSPS) is 10.4. The molecule has 0 heterocycles. The van der Waals surface area contributed by atoms with E-state index in [1.165, 1.54) is 0 Å². The predicted octanol–water partition coefficient (Wildman–Crippen LogP) is -2.79. The molecule has 0 unspecified atom stereocenters. The van der Waals surface area contributed by atoms with Gasteiger partial charge in [0.15, 0.2) is 0 Å². The molecule has 0 saturated carbocycles. The Kier molecular flexibility index (Phi) is 20.0. The molecule has 0 saturated heterocycles. The quantitative estimate of drug-likeness (QED) is 0.424. The number of rotatable bonds is 4. The van der Waals surface area contributed by atoms with Crippen LogP contribution in [0.3, 0.4) is 0 Å². The number of hydrogen-bond donors (Lipinski definition) is 2. The van der Waals surface area contributed by atoms with E-state index in [4.69, 9.17) is 9.11 Å². The van der Waals surface area contributed by atoms with Gasteiger partial charge in [-0.05, 0) is 6.42 Å². The summed E-state index contributed by atoms with van der Waals surface area (Å²) in [6.07, 6.45) is -0.308. The second-order valence-corrected chi connectivity index (χ2v) is 5.07. The van der Waals surface area contributed by atoms with E-state index in [0.717, 1.165) is 0 Å². The molecule has 0 aromatic rings. The SMILES string of the molecule is O=S(=O)(O)CCCS(=O)(=O)O.[NaH].[NaH].[NaH]. The van der Waals surface area contributed by atoms with E-state index < -0.39 is 31.7 Å². The molecule has 0 radical (unpaired) electrons. The van der Waals surface area contributed by atoms with Crippen LogP contribution in [-0.2, 0) is 20.2 Å². The maximum atomic E-state index is 10.00. The van der Waals surface area contributed by atoms with Gasteiger partial charge in [-0.25, -0.2) is 0 Å². The molecule has 11 heteroatoms. The van der Waals surface area contributed by atoms with Crippen molar-refractivity contribution < 1.29 is 25.9 Å². The summed E-state index contributed by atoms with van der Waals surface area (Å²) in [4.78, 5) is 0. The second kappa shape index (κ2) is 10.9. The molecule has 74 valence electrons. The van der Waals surface area contributed by atoms with Gasteiger partial charge in [0.25, 0.3) is 20.2 Å². The van der Waals surface area contributed by atoms with E-state index in [1.54, 1.807) is 0 Å². The Morgan fingerprint density at radius 3 is 1.07 bits per heavy atom. The van der Waals surface area contributed by atoms with E-state index >= 15 is 0 Å². The van der Waals surface area contributed by atoms with Gasteiger partial charge in [0.2, 0.25) is 0 Å². The van der Waals surface area contributed by atoms with Gasteiger partial charge in [-0.15, -0.1) is 0 Å². The standard InChI is InChI=1S/C3H8O6S2.3Na.3H/c4-10(5,6)2-1-3-11(7,8)9;;;;;;/h1-3H2,(H,4,5,6)(H,7,8,9);;;;;;. The molecule has 2 N–H and O–H groups in total. The van der Waals surface area contributed by atoms with E-state index in [1.807, 2.05) is 0 Å². The van der Waals surface area contributed by atoms with Crippen molar-refractivity contribution in [2.75, 3.05) is 11.5 Å². The van der Waals surface area contributed by atoms with E-state index in [2.05, 4.69) is 0 Å². The van der Waals surface area contributed by atoms with E-state index in [0.29, 0.717) is 0 Å². The average molecular weight is 276 g/mol. The zero-order chi connectivity index (χ0) is 9.12. The summed E-state index contributed by atoms with van der Waals surface area (Å²) in [7, 11) is -8.24. The van der Waals surface area contributed by atoms with Crippen LogP contribution in [-0.4, -0.2) is 126 Å². The average Bonchev–Trinajstić information content (AvgIpc) is 1.55. The van der Waals surface area contributed by atoms with Gasteiger partial charge in [-0.2, -0.15) is 16.8 Å². The topological polar surface area (TPSA) is 109 Å². The Labute approximate surface area is 150 Å². The second-order valence-electron chi connectivity index (χ2n) is 1.93. The van der Waals surface area contributed by atoms with E-state index in [9.17, 15) is 16.8 Å². The molecule has 0 atom stereocenters. The van der Waals surface area contributed by atoms with Gasteiger partial charge in [-0.3, -0.25) is 9.11 Å². The first-order valence-corrected chi connectivity index (χ1v) is 5.83. The third-order valence-corrected chi connectivity index (χ3v) is 2.41. The van der Waals surface area contributed by atoms with Crippen molar-refractivity contribution in [2.24, 2.45) is 0 Å². The molecule has 0 fully saturated rings. The number of hydrogen-bond acceptors (Lipinski definition) is 4. The molecule has 0 rings (SSSR count). The Bertz CT molecular complexity index is 275. The Morgan fingerprint density at radius 2 is 0.929 bits per heavy atom. The molecular formula is C3H11Na3O6S2. The molecule has 0 aromatic carbocycles. The third-order valence-electron chi connectivity index (χ3n) is 0.805. The van der Waals surface area contributed by atoms with Gasteiger partial charge in [0.05, 0.1) is 11.5 Å². The Hall–Kier alpha value is 2.82. The Balaban J connectivity index is -0.000000167. The van der Waals surface area contributed by atoms with Crippen LogP contribution >= 0.6 is 0 Å². The minimum absolute atomic E-state index is 0. The first-order chi connectivity index (χ1) is 4.71. The zero-order valence-electron chi connectivity index (χ0n) is 5.47. The zero-order valence-corrected chi connectivity index (χ0v) is 7.10. The van der Waals surface area contributed by atoms with Crippen molar-refractivity contribution in [3.63, 3.8) is 0 Å². The van der Waals surface area contributed by atoms with Crippen LogP contribution in [0.1, 0.15) is 6.42 Å². The van der Waals surface area contributed by atoms with Crippen LogP contribution in [0.5, 0.6) is 0 Å². The van der Waals surface area contributed by atoms with Crippen LogP contribution < -0.4 is 0 Å². The summed E-state index contributed by atoms with van der Waals surface area (Å²) < 4.78 is 56.2. The van der Waals surface area contributed by atoms with Gasteiger partial charge in [-0.1, -0.05) is 0 Å². The fourth-order valence-electron chi connectivity index (χ4n) is 0.424. The van der Waals surface area contributed by atoms with Crippen LogP contribution in [0.25, 0.3) is 0 Å². The summed E-state index contributed by atoms with van der Waals surface area (Å²) in [5, 5.41) is 0. The van der Waals surface area contributed by atoms with Gasteiger partial charge < -0.3 is 0 Å².